The van der Waals surface area contributed by atoms with Crippen molar-refractivity contribution in [2.75, 3.05) is 0 Å². The number of benzene rings is 2. The van der Waals surface area contributed by atoms with Crippen LogP contribution in [0, 0.1) is 43.1 Å². The zero-order valence-electron chi connectivity index (χ0n) is 15.7. The molecule has 2 aromatic rings. The number of aryl methyl sites for hydroxylation is 1. The highest BCUT2D eigenvalue weighted by molar-refractivity contribution is 6.28. The van der Waals surface area contributed by atoms with Gasteiger partial charge in [-0.3, -0.25) is 30.3 Å². The molecule has 0 saturated carbocycles. The molecule has 0 bridgehead atoms. The molecule has 0 N–H and O–H groups in total. The summed E-state index contributed by atoms with van der Waals surface area (Å²) in [6.07, 6.45) is 2.18. The van der Waals surface area contributed by atoms with E-state index in [1.165, 1.54) is 36.4 Å². The number of hydrogen-bond acceptors (Lipinski definition) is 7. The maximum atomic E-state index is 13.7. The Kier molecular flexibility index (Phi) is 4.50. The van der Waals surface area contributed by atoms with Crippen molar-refractivity contribution in [2.24, 2.45) is 4.99 Å². The molecule has 0 saturated heterocycles. The molecule has 0 aromatic heterocycles. The van der Waals surface area contributed by atoms with E-state index in [1.807, 2.05) is 0 Å². The van der Waals surface area contributed by atoms with Gasteiger partial charge in [-0.15, -0.1) is 0 Å². The molecular weight excluding hydrogens is 411 g/mol. The fourth-order valence-electron chi connectivity index (χ4n) is 3.48. The number of nitrogens with zero attached hydrogens (tertiary/aromatic N) is 4. The van der Waals surface area contributed by atoms with Crippen LogP contribution < -0.4 is 0 Å². The van der Waals surface area contributed by atoms with Crippen LogP contribution in [0.25, 0.3) is 11.6 Å². The quantitative estimate of drug-likeness (QED) is 0.529. The van der Waals surface area contributed by atoms with Crippen molar-refractivity contribution < 1.29 is 19.2 Å². The highest BCUT2D eigenvalue weighted by Crippen LogP contribution is 2.44. The summed E-state index contributed by atoms with van der Waals surface area (Å²) in [4.78, 5) is 36.6. The lowest BCUT2D eigenvalue weighted by Gasteiger charge is -2.14. The zero-order valence-corrected chi connectivity index (χ0v) is 15.7. The number of non-ortho nitro benzene ring substituents is 1. The molecule has 0 atom stereocenters. The van der Waals surface area contributed by atoms with Crippen LogP contribution in [0.2, 0.25) is 0 Å². The van der Waals surface area contributed by atoms with Crippen molar-refractivity contribution in [1.82, 2.24) is 0 Å². The van der Waals surface area contributed by atoms with Crippen molar-refractivity contribution in [1.29, 1.82) is 0 Å². The average Bonchev–Trinajstić information content (AvgIpc) is 3.09. The number of fused-ring (bicyclic) bond motifs is 3. The summed E-state index contributed by atoms with van der Waals surface area (Å²) in [7, 11) is 0. The SMILES string of the molecule is Cc1ccc(F)cc1N=C1C2=Cc3cc([N+](=O)[O-])ccc3C2=C([N+](=O)[O-])C=C1[N+](=O)[O-]. The van der Waals surface area contributed by atoms with Gasteiger partial charge in [0.1, 0.15) is 11.5 Å². The Bertz CT molecular complexity index is 1340. The van der Waals surface area contributed by atoms with Crippen LogP contribution >= 0.6 is 0 Å². The van der Waals surface area contributed by atoms with Crippen LogP contribution in [-0.2, 0) is 0 Å². The van der Waals surface area contributed by atoms with Gasteiger partial charge >= 0.3 is 5.70 Å². The summed E-state index contributed by atoms with van der Waals surface area (Å²) in [5.41, 5.74) is -0.197. The smallest absolute Gasteiger partial charge is 0.258 e. The third kappa shape index (κ3) is 3.27. The van der Waals surface area contributed by atoms with E-state index in [1.54, 1.807) is 6.92 Å². The number of nitro groups is 3. The topological polar surface area (TPSA) is 142 Å². The Labute approximate surface area is 172 Å². The zero-order chi connectivity index (χ0) is 22.4. The normalized spacial score (nSPS) is 15.9. The molecule has 31 heavy (non-hydrogen) atoms. The van der Waals surface area contributed by atoms with Crippen molar-refractivity contribution >= 4 is 28.7 Å². The van der Waals surface area contributed by atoms with Gasteiger partial charge < -0.3 is 0 Å². The van der Waals surface area contributed by atoms with Gasteiger partial charge in [-0.2, -0.15) is 0 Å². The molecule has 0 aliphatic heterocycles. The van der Waals surface area contributed by atoms with Gasteiger partial charge in [0.25, 0.3) is 11.4 Å². The van der Waals surface area contributed by atoms with Crippen LogP contribution in [0.1, 0.15) is 16.7 Å². The van der Waals surface area contributed by atoms with Crippen LogP contribution in [-0.4, -0.2) is 20.5 Å². The molecule has 2 aromatic carbocycles. The van der Waals surface area contributed by atoms with E-state index in [4.69, 9.17) is 0 Å². The summed E-state index contributed by atoms with van der Waals surface area (Å²) in [6, 6.07) is 7.53. The minimum absolute atomic E-state index is 0.0632. The maximum Gasteiger partial charge on any atom is 0.302 e. The predicted octanol–water partition coefficient (Wildman–Crippen LogP) is 4.37. The Morgan fingerprint density at radius 1 is 0.903 bits per heavy atom. The lowest BCUT2D eigenvalue weighted by Crippen LogP contribution is -2.20. The summed E-state index contributed by atoms with van der Waals surface area (Å²) in [5.74, 6) is -0.603. The molecule has 0 radical (unpaired) electrons. The van der Waals surface area contributed by atoms with Crippen molar-refractivity contribution in [3.05, 3.63) is 112 Å². The fraction of sp³-hybridized carbons (Fsp3) is 0.0500. The van der Waals surface area contributed by atoms with E-state index in [0.717, 1.165) is 12.1 Å². The second-order valence-electron chi connectivity index (χ2n) is 6.78. The van der Waals surface area contributed by atoms with Gasteiger partial charge in [0, 0.05) is 17.7 Å². The number of halogens is 1. The molecule has 0 amide bonds. The summed E-state index contributed by atoms with van der Waals surface area (Å²) >= 11 is 0. The van der Waals surface area contributed by atoms with Gasteiger partial charge in [0.05, 0.1) is 32.1 Å². The molecule has 0 unspecified atom stereocenters. The number of allylic oxidation sites excluding steroid dienone is 3. The van der Waals surface area contributed by atoms with Gasteiger partial charge in [0.15, 0.2) is 0 Å². The third-order valence-corrected chi connectivity index (χ3v) is 4.91. The monoisotopic (exact) mass is 422 g/mol. The Morgan fingerprint density at radius 2 is 1.65 bits per heavy atom. The van der Waals surface area contributed by atoms with Crippen molar-refractivity contribution in [3.8, 4) is 0 Å². The molecule has 0 fully saturated rings. The van der Waals surface area contributed by atoms with Crippen LogP contribution in [0.15, 0.2) is 64.4 Å². The standard InChI is InChI=1S/C20H11FN4O6/c1-10-2-3-12(21)8-16(10)22-20-15-7-11-6-13(23(26)27)4-5-14(11)19(15)17(24(28)29)9-18(20)25(30)31/h2-9H,1H3. The lowest BCUT2D eigenvalue weighted by atomic mass is 9.91. The summed E-state index contributed by atoms with van der Waals surface area (Å²) < 4.78 is 13.7. The minimum Gasteiger partial charge on any atom is -0.258 e. The molecule has 4 rings (SSSR count). The molecule has 0 spiro atoms. The summed E-state index contributed by atoms with van der Waals surface area (Å²) in [6.45, 7) is 1.64. The van der Waals surface area contributed by atoms with E-state index in [0.29, 0.717) is 16.7 Å². The number of hydrogen-bond donors (Lipinski definition) is 0. The average molecular weight is 422 g/mol. The molecule has 11 heteroatoms. The second kappa shape index (κ2) is 7.06. The largest absolute Gasteiger partial charge is 0.302 e. The first-order valence-corrected chi connectivity index (χ1v) is 8.78. The first kappa shape index (κ1) is 19.8. The van der Waals surface area contributed by atoms with Crippen LogP contribution in [0.4, 0.5) is 15.8 Å². The molecule has 154 valence electrons. The maximum absolute atomic E-state index is 13.7. The minimum atomic E-state index is -0.806. The van der Waals surface area contributed by atoms with E-state index < -0.39 is 32.0 Å². The van der Waals surface area contributed by atoms with Gasteiger partial charge in [0.2, 0.25) is 0 Å². The number of nitro benzene ring substituents is 1. The molecule has 10 nitrogen and oxygen atoms in total. The number of rotatable bonds is 4. The molecule has 2 aliphatic rings. The van der Waals surface area contributed by atoms with Gasteiger partial charge in [-0.25, -0.2) is 9.38 Å². The van der Waals surface area contributed by atoms with Gasteiger partial charge in [-0.05, 0) is 47.9 Å². The Balaban J connectivity index is 2.02. The van der Waals surface area contributed by atoms with Gasteiger partial charge in [-0.1, -0.05) is 6.07 Å². The predicted molar refractivity (Wildman–Crippen MR) is 108 cm³/mol. The van der Waals surface area contributed by atoms with Crippen molar-refractivity contribution in [2.45, 2.75) is 6.92 Å². The van der Waals surface area contributed by atoms with E-state index in [-0.39, 0.29) is 28.2 Å². The Hall–Kier alpha value is -4.54. The highest BCUT2D eigenvalue weighted by atomic mass is 19.1. The second-order valence-corrected chi connectivity index (χ2v) is 6.78. The fourth-order valence-corrected chi connectivity index (χ4v) is 3.48. The molecule has 2 aliphatic carbocycles. The highest BCUT2D eigenvalue weighted by Gasteiger charge is 2.41. The first-order valence-electron chi connectivity index (χ1n) is 8.78. The van der Waals surface area contributed by atoms with E-state index in [2.05, 4.69) is 4.99 Å². The molecular formula is C20H11FN4O6. The Morgan fingerprint density at radius 3 is 2.29 bits per heavy atom. The molecule has 0 heterocycles. The van der Waals surface area contributed by atoms with Crippen LogP contribution in [0.3, 0.4) is 0 Å². The van der Waals surface area contributed by atoms with E-state index >= 15 is 0 Å². The van der Waals surface area contributed by atoms with E-state index in [9.17, 15) is 34.7 Å². The third-order valence-electron chi connectivity index (χ3n) is 4.91. The summed E-state index contributed by atoms with van der Waals surface area (Å²) in [5, 5.41) is 34.5. The number of aliphatic imine (C=N–C) groups is 1. The first-order chi connectivity index (χ1) is 14.7. The lowest BCUT2D eigenvalue weighted by molar-refractivity contribution is -0.428. The van der Waals surface area contributed by atoms with Crippen LogP contribution in [0.5, 0.6) is 0 Å². The van der Waals surface area contributed by atoms with Crippen molar-refractivity contribution in [3.63, 3.8) is 0 Å².